The van der Waals surface area contributed by atoms with Gasteiger partial charge in [0, 0.05) is 18.3 Å². The van der Waals surface area contributed by atoms with Crippen molar-refractivity contribution < 1.29 is 0 Å². The van der Waals surface area contributed by atoms with Gasteiger partial charge >= 0.3 is 0 Å². The maximum Gasteiger partial charge on any atom is 0.223 e. The lowest BCUT2D eigenvalue weighted by Gasteiger charge is -2.07. The van der Waals surface area contributed by atoms with E-state index in [1.54, 1.807) is 6.20 Å². The van der Waals surface area contributed by atoms with Crippen molar-refractivity contribution >= 4 is 5.95 Å². The van der Waals surface area contributed by atoms with Crippen LogP contribution in [0.3, 0.4) is 0 Å². The molecule has 0 saturated heterocycles. The average molecular weight is 227 g/mol. The maximum absolute atomic E-state index is 4.52. The Bertz CT molecular complexity index is 494. The summed E-state index contributed by atoms with van der Waals surface area (Å²) in [4.78, 5) is 8.73. The molecule has 3 heteroatoms. The highest BCUT2D eigenvalue weighted by molar-refractivity contribution is 5.63. The number of rotatable bonds is 4. The summed E-state index contributed by atoms with van der Waals surface area (Å²) >= 11 is 0. The van der Waals surface area contributed by atoms with Gasteiger partial charge in [0.1, 0.15) is 0 Å². The van der Waals surface area contributed by atoms with Gasteiger partial charge in [0.25, 0.3) is 0 Å². The molecule has 1 aromatic heterocycles. The van der Waals surface area contributed by atoms with Gasteiger partial charge in [-0.15, -0.1) is 0 Å². The van der Waals surface area contributed by atoms with E-state index >= 15 is 0 Å². The Hall–Kier alpha value is -1.90. The molecule has 88 valence electrons. The summed E-state index contributed by atoms with van der Waals surface area (Å²) < 4.78 is 0. The fourth-order valence-electron chi connectivity index (χ4n) is 1.69. The van der Waals surface area contributed by atoms with E-state index in [1.165, 1.54) is 5.56 Å². The fourth-order valence-corrected chi connectivity index (χ4v) is 1.69. The smallest absolute Gasteiger partial charge is 0.223 e. The number of hydrogen-bond donors (Lipinski definition) is 1. The SMILES string of the molecule is CCCNc1nccc(-c2ccccc2C)n1. The molecular formula is C14H17N3. The lowest BCUT2D eigenvalue weighted by molar-refractivity contribution is 0.953. The molecular weight excluding hydrogens is 210 g/mol. The van der Waals surface area contributed by atoms with E-state index in [4.69, 9.17) is 0 Å². The van der Waals surface area contributed by atoms with Crippen LogP contribution >= 0.6 is 0 Å². The Morgan fingerprint density at radius 2 is 2.00 bits per heavy atom. The molecule has 1 heterocycles. The molecule has 0 saturated carbocycles. The number of hydrogen-bond acceptors (Lipinski definition) is 3. The van der Waals surface area contributed by atoms with E-state index < -0.39 is 0 Å². The minimum absolute atomic E-state index is 0.701. The number of aryl methyl sites for hydroxylation is 1. The van der Waals surface area contributed by atoms with Crippen LogP contribution in [-0.4, -0.2) is 16.5 Å². The molecule has 0 aliphatic heterocycles. The van der Waals surface area contributed by atoms with Crippen molar-refractivity contribution in [2.75, 3.05) is 11.9 Å². The van der Waals surface area contributed by atoms with Gasteiger partial charge < -0.3 is 5.32 Å². The predicted octanol–water partition coefficient (Wildman–Crippen LogP) is 3.27. The Morgan fingerprint density at radius 1 is 1.18 bits per heavy atom. The summed E-state index contributed by atoms with van der Waals surface area (Å²) in [7, 11) is 0. The molecule has 1 aromatic carbocycles. The van der Waals surface area contributed by atoms with Crippen LogP contribution in [0, 0.1) is 6.92 Å². The highest BCUT2D eigenvalue weighted by Gasteiger charge is 2.03. The maximum atomic E-state index is 4.52. The summed E-state index contributed by atoms with van der Waals surface area (Å²) in [5.74, 6) is 0.701. The molecule has 0 atom stereocenters. The molecule has 2 aromatic rings. The minimum atomic E-state index is 0.701. The quantitative estimate of drug-likeness (QED) is 0.871. The third-order valence-corrected chi connectivity index (χ3v) is 2.61. The van der Waals surface area contributed by atoms with Gasteiger partial charge in [0.05, 0.1) is 5.69 Å². The second-order valence-electron chi connectivity index (χ2n) is 4.01. The molecule has 0 amide bonds. The topological polar surface area (TPSA) is 37.8 Å². The van der Waals surface area contributed by atoms with Crippen LogP contribution in [-0.2, 0) is 0 Å². The van der Waals surface area contributed by atoms with Crippen LogP contribution < -0.4 is 5.32 Å². The summed E-state index contributed by atoms with van der Waals surface area (Å²) in [6, 6.07) is 10.2. The molecule has 0 spiro atoms. The zero-order valence-corrected chi connectivity index (χ0v) is 10.3. The van der Waals surface area contributed by atoms with Gasteiger partial charge in [-0.25, -0.2) is 9.97 Å². The molecule has 0 radical (unpaired) electrons. The first-order valence-electron chi connectivity index (χ1n) is 5.94. The molecule has 0 bridgehead atoms. The van der Waals surface area contributed by atoms with Crippen LogP contribution in [0.5, 0.6) is 0 Å². The van der Waals surface area contributed by atoms with Crippen molar-refractivity contribution in [1.82, 2.24) is 9.97 Å². The van der Waals surface area contributed by atoms with E-state index in [1.807, 2.05) is 18.2 Å². The first kappa shape index (κ1) is 11.6. The predicted molar refractivity (Wildman–Crippen MR) is 71.0 cm³/mol. The standard InChI is InChI=1S/C14H17N3/c1-3-9-15-14-16-10-8-13(17-14)12-7-5-4-6-11(12)2/h4-8,10H,3,9H2,1-2H3,(H,15,16,17). The van der Waals surface area contributed by atoms with Crippen molar-refractivity contribution in [2.45, 2.75) is 20.3 Å². The zero-order valence-electron chi connectivity index (χ0n) is 10.3. The highest BCUT2D eigenvalue weighted by Crippen LogP contribution is 2.21. The van der Waals surface area contributed by atoms with Gasteiger partial charge in [-0.1, -0.05) is 31.2 Å². The van der Waals surface area contributed by atoms with Crippen LogP contribution in [0.4, 0.5) is 5.95 Å². The van der Waals surface area contributed by atoms with Gasteiger partial charge in [-0.3, -0.25) is 0 Å². The zero-order chi connectivity index (χ0) is 12.1. The first-order chi connectivity index (χ1) is 8.31. The largest absolute Gasteiger partial charge is 0.354 e. The number of anilines is 1. The summed E-state index contributed by atoms with van der Waals surface area (Å²) in [6.07, 6.45) is 2.87. The van der Waals surface area contributed by atoms with Crippen LogP contribution in [0.2, 0.25) is 0 Å². The molecule has 0 fully saturated rings. The van der Waals surface area contributed by atoms with Gasteiger partial charge in [0.15, 0.2) is 0 Å². The van der Waals surface area contributed by atoms with Crippen LogP contribution in [0.1, 0.15) is 18.9 Å². The van der Waals surface area contributed by atoms with Crippen molar-refractivity contribution in [3.8, 4) is 11.3 Å². The third kappa shape index (κ3) is 2.81. The molecule has 0 aliphatic carbocycles. The van der Waals surface area contributed by atoms with E-state index in [0.717, 1.165) is 24.2 Å². The third-order valence-electron chi connectivity index (χ3n) is 2.61. The normalized spacial score (nSPS) is 10.2. The molecule has 1 N–H and O–H groups in total. The average Bonchev–Trinajstić information content (AvgIpc) is 2.37. The lowest BCUT2D eigenvalue weighted by atomic mass is 10.1. The second kappa shape index (κ2) is 5.43. The van der Waals surface area contributed by atoms with Crippen LogP contribution in [0.15, 0.2) is 36.5 Å². The minimum Gasteiger partial charge on any atom is -0.354 e. The molecule has 0 unspecified atom stereocenters. The Balaban J connectivity index is 2.30. The second-order valence-corrected chi connectivity index (χ2v) is 4.01. The number of benzene rings is 1. The van der Waals surface area contributed by atoms with Gasteiger partial charge in [-0.05, 0) is 25.0 Å². The van der Waals surface area contributed by atoms with Crippen molar-refractivity contribution in [2.24, 2.45) is 0 Å². The molecule has 2 rings (SSSR count). The first-order valence-corrected chi connectivity index (χ1v) is 5.94. The number of nitrogens with zero attached hydrogens (tertiary/aromatic N) is 2. The molecule has 3 nitrogen and oxygen atoms in total. The van der Waals surface area contributed by atoms with Crippen molar-refractivity contribution in [3.05, 3.63) is 42.1 Å². The molecule has 17 heavy (non-hydrogen) atoms. The van der Waals surface area contributed by atoms with E-state index in [-0.39, 0.29) is 0 Å². The monoisotopic (exact) mass is 227 g/mol. The van der Waals surface area contributed by atoms with E-state index in [2.05, 4.69) is 41.3 Å². The summed E-state index contributed by atoms with van der Waals surface area (Å²) in [5.41, 5.74) is 3.36. The summed E-state index contributed by atoms with van der Waals surface area (Å²) in [5, 5.41) is 3.20. The summed E-state index contributed by atoms with van der Waals surface area (Å²) in [6.45, 7) is 5.12. The van der Waals surface area contributed by atoms with Gasteiger partial charge in [0.2, 0.25) is 5.95 Å². The highest BCUT2D eigenvalue weighted by atomic mass is 15.1. The molecule has 0 aliphatic rings. The van der Waals surface area contributed by atoms with Crippen molar-refractivity contribution in [1.29, 1.82) is 0 Å². The number of nitrogens with one attached hydrogen (secondary N) is 1. The fraction of sp³-hybridized carbons (Fsp3) is 0.286. The Labute approximate surface area is 102 Å². The number of aromatic nitrogens is 2. The Morgan fingerprint density at radius 3 is 2.76 bits per heavy atom. The Kier molecular flexibility index (Phi) is 3.70. The van der Waals surface area contributed by atoms with Crippen molar-refractivity contribution in [3.63, 3.8) is 0 Å². The van der Waals surface area contributed by atoms with Gasteiger partial charge in [-0.2, -0.15) is 0 Å². The van der Waals surface area contributed by atoms with Crippen LogP contribution in [0.25, 0.3) is 11.3 Å². The van der Waals surface area contributed by atoms with E-state index in [9.17, 15) is 0 Å². The van der Waals surface area contributed by atoms with E-state index in [0.29, 0.717) is 5.95 Å². The lowest BCUT2D eigenvalue weighted by Crippen LogP contribution is -2.04.